The van der Waals surface area contributed by atoms with E-state index in [9.17, 15) is 13.2 Å². The number of carboxylic acid groups (broad SMARTS) is 1. The standard InChI is InChI=1S/C9H13NO5S/c10-4-1-5-16(13,14)6-7-2-3-8(15-7)9(11)12/h2-3H,1,4-6,10H2,(H,11,12). The van der Waals surface area contributed by atoms with Crippen molar-refractivity contribution in [2.45, 2.75) is 12.2 Å². The van der Waals surface area contributed by atoms with Gasteiger partial charge in [-0.2, -0.15) is 0 Å². The molecular weight excluding hydrogens is 234 g/mol. The first-order chi connectivity index (χ1) is 7.44. The molecule has 90 valence electrons. The van der Waals surface area contributed by atoms with E-state index in [1.54, 1.807) is 0 Å². The molecule has 0 radical (unpaired) electrons. The summed E-state index contributed by atoms with van der Waals surface area (Å²) < 4.78 is 27.8. The Hall–Kier alpha value is -1.34. The van der Waals surface area contributed by atoms with Gasteiger partial charge in [-0.25, -0.2) is 13.2 Å². The zero-order valence-electron chi connectivity index (χ0n) is 8.55. The Morgan fingerprint density at radius 2 is 2.12 bits per heavy atom. The van der Waals surface area contributed by atoms with Crippen molar-refractivity contribution in [1.29, 1.82) is 0 Å². The minimum atomic E-state index is -3.28. The molecule has 1 heterocycles. The van der Waals surface area contributed by atoms with Gasteiger partial charge in [0.2, 0.25) is 5.76 Å². The molecule has 0 amide bonds. The second kappa shape index (κ2) is 5.13. The smallest absolute Gasteiger partial charge is 0.371 e. The summed E-state index contributed by atoms with van der Waals surface area (Å²) in [4.78, 5) is 10.5. The van der Waals surface area contributed by atoms with Crippen LogP contribution in [0.15, 0.2) is 16.5 Å². The summed E-state index contributed by atoms with van der Waals surface area (Å²) in [5.41, 5.74) is 5.21. The van der Waals surface area contributed by atoms with Gasteiger partial charge in [-0.15, -0.1) is 0 Å². The molecule has 7 heteroatoms. The molecule has 3 N–H and O–H groups in total. The highest BCUT2D eigenvalue weighted by molar-refractivity contribution is 7.90. The van der Waals surface area contributed by atoms with Gasteiger partial charge in [0.25, 0.3) is 0 Å². The predicted octanol–water partition coefficient (Wildman–Crippen LogP) is 0.241. The van der Waals surface area contributed by atoms with Gasteiger partial charge >= 0.3 is 5.97 Å². The third-order valence-corrected chi connectivity index (χ3v) is 3.53. The molecule has 0 spiro atoms. The SMILES string of the molecule is NCCCS(=O)(=O)Cc1ccc(C(=O)O)o1. The van der Waals surface area contributed by atoms with Gasteiger partial charge in [-0.3, -0.25) is 0 Å². The van der Waals surface area contributed by atoms with Crippen LogP contribution in [0.4, 0.5) is 0 Å². The quantitative estimate of drug-likeness (QED) is 0.745. The van der Waals surface area contributed by atoms with Crippen molar-refractivity contribution in [1.82, 2.24) is 0 Å². The molecule has 6 nitrogen and oxygen atoms in total. The van der Waals surface area contributed by atoms with Gasteiger partial charge in [0, 0.05) is 0 Å². The zero-order valence-corrected chi connectivity index (χ0v) is 9.37. The van der Waals surface area contributed by atoms with E-state index < -0.39 is 15.8 Å². The van der Waals surface area contributed by atoms with Crippen molar-refractivity contribution in [2.75, 3.05) is 12.3 Å². The Balaban J connectivity index is 2.69. The van der Waals surface area contributed by atoms with E-state index in [2.05, 4.69) is 0 Å². The van der Waals surface area contributed by atoms with Crippen LogP contribution >= 0.6 is 0 Å². The van der Waals surface area contributed by atoms with Crippen LogP contribution < -0.4 is 5.73 Å². The number of nitrogens with two attached hydrogens (primary N) is 1. The van der Waals surface area contributed by atoms with Gasteiger partial charge in [0.05, 0.1) is 5.75 Å². The van der Waals surface area contributed by atoms with E-state index in [-0.39, 0.29) is 23.0 Å². The molecule has 0 saturated carbocycles. The molecule has 0 aliphatic heterocycles. The lowest BCUT2D eigenvalue weighted by Gasteiger charge is -2.00. The van der Waals surface area contributed by atoms with Crippen LogP contribution in [0.25, 0.3) is 0 Å². The Bertz CT molecular complexity index is 462. The maximum Gasteiger partial charge on any atom is 0.371 e. The average molecular weight is 247 g/mol. The summed E-state index contributed by atoms with van der Waals surface area (Å²) in [6.07, 6.45) is 0.384. The summed E-state index contributed by atoms with van der Waals surface area (Å²) in [5.74, 6) is -1.66. The first-order valence-electron chi connectivity index (χ1n) is 4.67. The Labute approximate surface area is 93.0 Å². The van der Waals surface area contributed by atoms with Crippen molar-refractivity contribution in [3.8, 4) is 0 Å². The largest absolute Gasteiger partial charge is 0.475 e. The van der Waals surface area contributed by atoms with Crippen LogP contribution in [0.2, 0.25) is 0 Å². The molecule has 0 aliphatic carbocycles. The normalized spacial score (nSPS) is 11.6. The van der Waals surface area contributed by atoms with Gasteiger partial charge in [0.1, 0.15) is 11.5 Å². The second-order valence-electron chi connectivity index (χ2n) is 3.31. The maximum atomic E-state index is 11.5. The Morgan fingerprint density at radius 1 is 1.44 bits per heavy atom. The van der Waals surface area contributed by atoms with Crippen molar-refractivity contribution in [2.24, 2.45) is 5.73 Å². The zero-order chi connectivity index (χ0) is 12.2. The third kappa shape index (κ3) is 3.67. The molecular formula is C9H13NO5S. The second-order valence-corrected chi connectivity index (χ2v) is 5.49. The first-order valence-corrected chi connectivity index (χ1v) is 6.49. The fourth-order valence-corrected chi connectivity index (χ4v) is 2.50. The first kappa shape index (κ1) is 12.7. The minimum Gasteiger partial charge on any atom is -0.475 e. The fraction of sp³-hybridized carbons (Fsp3) is 0.444. The lowest BCUT2D eigenvalue weighted by atomic mass is 10.4. The highest BCUT2D eigenvalue weighted by atomic mass is 32.2. The lowest BCUT2D eigenvalue weighted by molar-refractivity contribution is 0.0660. The van der Waals surface area contributed by atoms with E-state index in [4.69, 9.17) is 15.3 Å². The van der Waals surface area contributed by atoms with Crippen molar-refractivity contribution in [3.05, 3.63) is 23.7 Å². The number of aromatic carboxylic acids is 1. The molecule has 16 heavy (non-hydrogen) atoms. The molecule has 0 atom stereocenters. The summed E-state index contributed by atoms with van der Waals surface area (Å²) in [5, 5.41) is 8.58. The number of hydrogen-bond donors (Lipinski definition) is 2. The monoisotopic (exact) mass is 247 g/mol. The molecule has 0 aliphatic rings. The summed E-state index contributed by atoms with van der Waals surface area (Å²) >= 11 is 0. The van der Waals surface area contributed by atoms with E-state index in [1.807, 2.05) is 0 Å². The number of carboxylic acids is 1. The summed E-state index contributed by atoms with van der Waals surface area (Å²) in [6.45, 7) is 0.303. The molecule has 0 bridgehead atoms. The van der Waals surface area contributed by atoms with Crippen molar-refractivity contribution in [3.63, 3.8) is 0 Å². The van der Waals surface area contributed by atoms with Gasteiger partial charge in [0.15, 0.2) is 9.84 Å². The van der Waals surface area contributed by atoms with E-state index in [0.29, 0.717) is 13.0 Å². The van der Waals surface area contributed by atoms with E-state index >= 15 is 0 Å². The fourth-order valence-electron chi connectivity index (χ4n) is 1.16. The molecule has 0 fully saturated rings. The number of furan rings is 1. The van der Waals surface area contributed by atoms with Crippen LogP contribution in [0.5, 0.6) is 0 Å². The van der Waals surface area contributed by atoms with Crippen LogP contribution in [0.1, 0.15) is 22.7 Å². The van der Waals surface area contributed by atoms with Crippen LogP contribution in [-0.2, 0) is 15.6 Å². The lowest BCUT2D eigenvalue weighted by Crippen LogP contribution is -2.12. The highest BCUT2D eigenvalue weighted by Crippen LogP contribution is 2.12. The van der Waals surface area contributed by atoms with Crippen molar-refractivity contribution >= 4 is 15.8 Å². The Morgan fingerprint density at radius 3 is 2.62 bits per heavy atom. The third-order valence-electron chi connectivity index (χ3n) is 1.89. The molecule has 0 aromatic carbocycles. The molecule has 1 rings (SSSR count). The number of rotatable bonds is 6. The topological polar surface area (TPSA) is 111 Å². The molecule has 1 aromatic heterocycles. The van der Waals surface area contributed by atoms with E-state index in [0.717, 1.165) is 0 Å². The van der Waals surface area contributed by atoms with Crippen LogP contribution in [-0.4, -0.2) is 31.8 Å². The number of hydrogen-bond acceptors (Lipinski definition) is 5. The van der Waals surface area contributed by atoms with Crippen LogP contribution in [0, 0.1) is 0 Å². The molecule has 0 unspecified atom stereocenters. The summed E-state index contributed by atoms with van der Waals surface area (Å²) in [7, 11) is -3.28. The van der Waals surface area contributed by atoms with Gasteiger partial charge < -0.3 is 15.3 Å². The molecule has 0 saturated heterocycles. The predicted molar refractivity (Wildman–Crippen MR) is 56.8 cm³/mol. The van der Waals surface area contributed by atoms with E-state index in [1.165, 1.54) is 12.1 Å². The molecule has 1 aromatic rings. The summed E-state index contributed by atoms with van der Waals surface area (Å²) in [6, 6.07) is 2.58. The Kier molecular flexibility index (Phi) is 4.08. The number of carbonyl (C=O) groups is 1. The average Bonchev–Trinajstić information content (AvgIpc) is 2.62. The van der Waals surface area contributed by atoms with Gasteiger partial charge in [-0.05, 0) is 25.1 Å². The number of sulfone groups is 1. The van der Waals surface area contributed by atoms with Crippen molar-refractivity contribution < 1.29 is 22.7 Å². The maximum absolute atomic E-state index is 11.5. The minimum absolute atomic E-state index is 0.0212. The van der Waals surface area contributed by atoms with Crippen LogP contribution in [0.3, 0.4) is 0 Å². The van der Waals surface area contributed by atoms with Gasteiger partial charge in [-0.1, -0.05) is 0 Å². The highest BCUT2D eigenvalue weighted by Gasteiger charge is 2.16.